The number of rotatable bonds is 7. The molecule has 0 aliphatic rings. The van der Waals surface area contributed by atoms with Crippen LogP contribution in [0.25, 0.3) is 0 Å². The van der Waals surface area contributed by atoms with E-state index in [1.165, 1.54) is 12.4 Å². The number of para-hydroxylation sites is 2. The molecule has 138 valence electrons. The van der Waals surface area contributed by atoms with Gasteiger partial charge in [0.1, 0.15) is 17.3 Å². The van der Waals surface area contributed by atoms with Crippen molar-refractivity contribution in [3.05, 3.63) is 77.2 Å². The summed E-state index contributed by atoms with van der Waals surface area (Å²) in [4.78, 5) is 20.6. The quantitative estimate of drug-likeness (QED) is 0.649. The molecule has 2 N–H and O–H groups in total. The highest BCUT2D eigenvalue weighted by Gasteiger charge is 2.09. The van der Waals surface area contributed by atoms with E-state index in [4.69, 9.17) is 16.3 Å². The minimum Gasteiger partial charge on any atom is -0.495 e. The third-order valence-corrected chi connectivity index (χ3v) is 4.12. The van der Waals surface area contributed by atoms with Gasteiger partial charge in [-0.15, -0.1) is 0 Å². The third-order valence-electron chi connectivity index (χ3n) is 3.87. The van der Waals surface area contributed by atoms with E-state index >= 15 is 0 Å². The summed E-state index contributed by atoms with van der Waals surface area (Å²) in [6.45, 7) is 0.503. The number of carbonyl (C=O) groups excluding carboxylic acids is 1. The van der Waals surface area contributed by atoms with Crippen LogP contribution in [0, 0.1) is 0 Å². The van der Waals surface area contributed by atoms with Gasteiger partial charge in [-0.3, -0.25) is 4.79 Å². The number of nitrogens with one attached hydrogen (secondary N) is 2. The van der Waals surface area contributed by atoms with Crippen LogP contribution in [-0.2, 0) is 6.42 Å². The van der Waals surface area contributed by atoms with Crippen LogP contribution >= 0.6 is 11.6 Å². The molecule has 3 aromatic rings. The molecule has 0 atom stereocenters. The number of hydrogen-bond donors (Lipinski definition) is 2. The molecule has 6 nitrogen and oxygen atoms in total. The first kappa shape index (κ1) is 18.7. The molecule has 0 unspecified atom stereocenters. The SMILES string of the molecule is COc1ccccc1Nc1cnc(C(=O)NCCc2ccc(Cl)cc2)cn1. The van der Waals surface area contributed by atoms with E-state index in [-0.39, 0.29) is 11.6 Å². The zero-order valence-electron chi connectivity index (χ0n) is 14.8. The molecule has 0 aliphatic heterocycles. The number of hydrogen-bond acceptors (Lipinski definition) is 5. The summed E-state index contributed by atoms with van der Waals surface area (Å²) in [5, 5.41) is 6.65. The van der Waals surface area contributed by atoms with Gasteiger partial charge in [-0.05, 0) is 36.2 Å². The Hall–Kier alpha value is -3.12. The van der Waals surface area contributed by atoms with E-state index in [1.807, 2.05) is 48.5 Å². The molecule has 0 saturated carbocycles. The Kier molecular flexibility index (Phi) is 6.22. The van der Waals surface area contributed by atoms with Gasteiger partial charge in [-0.25, -0.2) is 9.97 Å². The van der Waals surface area contributed by atoms with Crippen LogP contribution in [0.4, 0.5) is 11.5 Å². The molecule has 7 heteroatoms. The Morgan fingerprint density at radius 1 is 1.07 bits per heavy atom. The van der Waals surface area contributed by atoms with Crippen molar-refractivity contribution in [2.24, 2.45) is 0 Å². The summed E-state index contributed by atoms with van der Waals surface area (Å²) in [5.41, 5.74) is 2.13. The highest BCUT2D eigenvalue weighted by molar-refractivity contribution is 6.30. The first-order valence-electron chi connectivity index (χ1n) is 8.40. The van der Waals surface area contributed by atoms with E-state index in [1.54, 1.807) is 7.11 Å². The Balaban J connectivity index is 1.54. The molecule has 1 amide bonds. The van der Waals surface area contributed by atoms with Gasteiger partial charge in [0.05, 0.1) is 25.2 Å². The van der Waals surface area contributed by atoms with E-state index < -0.39 is 0 Å². The number of aromatic nitrogens is 2. The summed E-state index contributed by atoms with van der Waals surface area (Å²) in [6, 6.07) is 15.0. The number of anilines is 2. The molecule has 0 spiro atoms. The monoisotopic (exact) mass is 382 g/mol. The number of carbonyl (C=O) groups is 1. The maximum Gasteiger partial charge on any atom is 0.271 e. The van der Waals surface area contributed by atoms with Crippen molar-refractivity contribution in [3.63, 3.8) is 0 Å². The average molecular weight is 383 g/mol. The van der Waals surface area contributed by atoms with Crippen molar-refractivity contribution in [1.29, 1.82) is 0 Å². The van der Waals surface area contributed by atoms with Crippen molar-refractivity contribution in [3.8, 4) is 5.75 Å². The normalized spacial score (nSPS) is 10.3. The molecule has 3 rings (SSSR count). The first-order valence-corrected chi connectivity index (χ1v) is 8.78. The maximum atomic E-state index is 12.2. The van der Waals surface area contributed by atoms with Gasteiger partial charge in [0.25, 0.3) is 5.91 Å². The molecular formula is C20H19ClN4O2. The molecule has 0 aliphatic carbocycles. The van der Waals surface area contributed by atoms with E-state index in [9.17, 15) is 4.79 Å². The third kappa shape index (κ3) is 5.18. The summed E-state index contributed by atoms with van der Waals surface area (Å²) >= 11 is 5.86. The Bertz CT molecular complexity index is 899. The van der Waals surface area contributed by atoms with Crippen LogP contribution in [0.15, 0.2) is 60.9 Å². The molecular weight excluding hydrogens is 364 g/mol. The fourth-order valence-corrected chi connectivity index (χ4v) is 2.58. The number of benzene rings is 2. The van der Waals surface area contributed by atoms with Crippen LogP contribution in [0.1, 0.15) is 16.1 Å². The minimum absolute atomic E-state index is 0.261. The van der Waals surface area contributed by atoms with E-state index in [0.717, 1.165) is 11.3 Å². The van der Waals surface area contributed by atoms with E-state index in [2.05, 4.69) is 20.6 Å². The fourth-order valence-electron chi connectivity index (χ4n) is 2.46. The number of ether oxygens (including phenoxy) is 1. The zero-order chi connectivity index (χ0) is 19.1. The maximum absolute atomic E-state index is 12.2. The van der Waals surface area contributed by atoms with Gasteiger partial charge in [-0.1, -0.05) is 35.9 Å². The lowest BCUT2D eigenvalue weighted by atomic mass is 10.1. The van der Waals surface area contributed by atoms with Gasteiger partial charge in [0.15, 0.2) is 0 Å². The lowest BCUT2D eigenvalue weighted by Gasteiger charge is -2.10. The molecule has 27 heavy (non-hydrogen) atoms. The second-order valence-corrected chi connectivity index (χ2v) is 6.18. The Morgan fingerprint density at radius 3 is 2.56 bits per heavy atom. The Morgan fingerprint density at radius 2 is 1.85 bits per heavy atom. The first-order chi connectivity index (χ1) is 13.2. The molecule has 1 aromatic heterocycles. The predicted octanol–water partition coefficient (Wildman–Crippen LogP) is 3.85. The topological polar surface area (TPSA) is 76.1 Å². The fraction of sp³-hybridized carbons (Fsp3) is 0.150. The lowest BCUT2D eigenvalue weighted by molar-refractivity contribution is 0.0949. The van der Waals surface area contributed by atoms with Crippen molar-refractivity contribution in [2.45, 2.75) is 6.42 Å². The minimum atomic E-state index is -0.264. The molecule has 0 saturated heterocycles. The smallest absolute Gasteiger partial charge is 0.271 e. The average Bonchev–Trinajstić information content (AvgIpc) is 2.70. The second kappa shape index (κ2) is 9.00. The van der Waals surface area contributed by atoms with Crippen LogP contribution in [0.3, 0.4) is 0 Å². The summed E-state index contributed by atoms with van der Waals surface area (Å²) in [6.07, 6.45) is 3.67. The van der Waals surface area contributed by atoms with E-state index in [0.29, 0.717) is 29.6 Å². The summed E-state index contributed by atoms with van der Waals surface area (Å²) < 4.78 is 5.28. The zero-order valence-corrected chi connectivity index (χ0v) is 15.5. The largest absolute Gasteiger partial charge is 0.495 e. The van der Waals surface area contributed by atoms with Crippen LogP contribution in [0.2, 0.25) is 5.02 Å². The molecule has 0 radical (unpaired) electrons. The van der Waals surface area contributed by atoms with Crippen molar-refractivity contribution < 1.29 is 9.53 Å². The summed E-state index contributed by atoms with van der Waals surface area (Å²) in [5.74, 6) is 0.959. The highest BCUT2D eigenvalue weighted by Crippen LogP contribution is 2.25. The predicted molar refractivity (Wildman–Crippen MR) is 106 cm³/mol. The molecule has 2 aromatic carbocycles. The van der Waals surface area contributed by atoms with Crippen molar-refractivity contribution >= 4 is 29.0 Å². The Labute approximate surface area is 162 Å². The van der Waals surface area contributed by atoms with Gasteiger partial charge in [0, 0.05) is 11.6 Å². The van der Waals surface area contributed by atoms with Gasteiger partial charge in [-0.2, -0.15) is 0 Å². The lowest BCUT2D eigenvalue weighted by Crippen LogP contribution is -2.26. The molecule has 0 bridgehead atoms. The van der Waals surface area contributed by atoms with Crippen molar-refractivity contribution in [1.82, 2.24) is 15.3 Å². The number of nitrogens with zero attached hydrogens (tertiary/aromatic N) is 2. The molecule has 1 heterocycles. The van der Waals surface area contributed by atoms with Crippen LogP contribution < -0.4 is 15.4 Å². The van der Waals surface area contributed by atoms with Crippen LogP contribution in [-0.4, -0.2) is 29.5 Å². The highest BCUT2D eigenvalue weighted by atomic mass is 35.5. The van der Waals surface area contributed by atoms with Gasteiger partial charge in [0.2, 0.25) is 0 Å². The summed E-state index contributed by atoms with van der Waals surface area (Å²) in [7, 11) is 1.60. The number of halogens is 1. The van der Waals surface area contributed by atoms with Gasteiger partial charge < -0.3 is 15.4 Å². The number of amides is 1. The number of methoxy groups -OCH3 is 1. The standard InChI is InChI=1S/C20H19ClN4O2/c1-27-18-5-3-2-4-16(18)25-19-13-23-17(12-24-19)20(26)22-11-10-14-6-8-15(21)9-7-14/h2-9,12-13H,10-11H2,1H3,(H,22,26)(H,24,25). The molecule has 0 fully saturated rings. The van der Waals surface area contributed by atoms with Crippen LogP contribution in [0.5, 0.6) is 5.75 Å². The second-order valence-electron chi connectivity index (χ2n) is 5.74. The van der Waals surface area contributed by atoms with Gasteiger partial charge >= 0.3 is 0 Å². The van der Waals surface area contributed by atoms with Crippen molar-refractivity contribution in [2.75, 3.05) is 19.0 Å².